The lowest BCUT2D eigenvalue weighted by Crippen LogP contribution is -2.06. The summed E-state index contributed by atoms with van der Waals surface area (Å²) in [7, 11) is 1.82. The van der Waals surface area contributed by atoms with E-state index in [-0.39, 0.29) is 5.91 Å². The van der Waals surface area contributed by atoms with E-state index in [9.17, 15) is 4.79 Å². The fourth-order valence-electron chi connectivity index (χ4n) is 1.38. The Labute approximate surface area is 117 Å². The molecule has 1 N–H and O–H groups in total. The molecule has 0 radical (unpaired) electrons. The topological polar surface area (TPSA) is 59.8 Å². The monoisotopic (exact) mass is 326 g/mol. The van der Waals surface area contributed by atoms with Gasteiger partial charge in [0.25, 0.3) is 0 Å². The first-order valence-electron chi connectivity index (χ1n) is 5.17. The molecule has 0 unspecified atom stereocenters. The number of aromatic nitrogens is 3. The van der Waals surface area contributed by atoms with Crippen LogP contribution < -0.4 is 5.32 Å². The quantitative estimate of drug-likeness (QED) is 0.942. The lowest BCUT2D eigenvalue weighted by atomic mass is 10.3. The Morgan fingerprint density at radius 1 is 1.44 bits per heavy atom. The van der Waals surface area contributed by atoms with Crippen molar-refractivity contribution in [3.05, 3.63) is 29.0 Å². The van der Waals surface area contributed by atoms with E-state index in [4.69, 9.17) is 0 Å². The molecule has 0 spiro atoms. The van der Waals surface area contributed by atoms with Crippen molar-refractivity contribution < 1.29 is 4.79 Å². The summed E-state index contributed by atoms with van der Waals surface area (Å²) in [5.74, 6) is -0.0952. The predicted molar refractivity (Wildman–Crippen MR) is 73.6 cm³/mol. The zero-order valence-corrected chi connectivity index (χ0v) is 12.2. The van der Waals surface area contributed by atoms with Crippen molar-refractivity contribution in [3.63, 3.8) is 0 Å². The second kappa shape index (κ2) is 5.53. The predicted octanol–water partition coefficient (Wildman–Crippen LogP) is 2.69. The smallest absolute Gasteiger partial charge is 0.221 e. The van der Waals surface area contributed by atoms with Gasteiger partial charge < -0.3 is 5.32 Å². The van der Waals surface area contributed by atoms with E-state index in [1.807, 2.05) is 31.3 Å². The highest BCUT2D eigenvalue weighted by Crippen LogP contribution is 2.32. The van der Waals surface area contributed by atoms with Crippen LogP contribution in [0.3, 0.4) is 0 Å². The molecular formula is C11H11BrN4OS. The lowest BCUT2D eigenvalue weighted by Gasteiger charge is -2.08. The molecule has 1 amide bonds. The number of carbonyl (C=O) groups excluding carboxylic acids is 1. The third-order valence-corrected chi connectivity index (χ3v) is 3.55. The Balaban J connectivity index is 2.28. The number of amides is 1. The Bertz CT molecular complexity index is 584. The molecule has 0 fully saturated rings. The van der Waals surface area contributed by atoms with E-state index in [1.165, 1.54) is 18.7 Å². The van der Waals surface area contributed by atoms with Crippen molar-refractivity contribution in [1.82, 2.24) is 14.8 Å². The maximum absolute atomic E-state index is 11.1. The molecule has 0 saturated carbocycles. The number of aryl methyl sites for hydroxylation is 1. The van der Waals surface area contributed by atoms with Gasteiger partial charge in [-0.05, 0) is 39.8 Å². The van der Waals surface area contributed by atoms with Crippen molar-refractivity contribution in [3.8, 4) is 0 Å². The summed E-state index contributed by atoms with van der Waals surface area (Å²) >= 11 is 4.68. The maximum Gasteiger partial charge on any atom is 0.221 e. The summed E-state index contributed by atoms with van der Waals surface area (Å²) in [6.45, 7) is 1.49. The van der Waals surface area contributed by atoms with Gasteiger partial charge in [0.15, 0.2) is 5.16 Å². The number of hydrogen-bond acceptors (Lipinski definition) is 4. The summed E-state index contributed by atoms with van der Waals surface area (Å²) in [6.07, 6.45) is 0. The molecule has 0 atom stereocenters. The Hall–Kier alpha value is -1.34. The maximum atomic E-state index is 11.1. The van der Waals surface area contributed by atoms with Crippen LogP contribution in [0.25, 0.3) is 0 Å². The molecule has 1 aromatic heterocycles. The van der Waals surface area contributed by atoms with Crippen molar-refractivity contribution in [1.29, 1.82) is 0 Å². The van der Waals surface area contributed by atoms with Gasteiger partial charge in [-0.2, -0.15) is 4.98 Å². The number of halogens is 1. The second-order valence-electron chi connectivity index (χ2n) is 3.57. The van der Waals surface area contributed by atoms with E-state index in [1.54, 1.807) is 4.68 Å². The molecule has 2 rings (SSSR count). The minimum atomic E-state index is -0.0952. The molecule has 18 heavy (non-hydrogen) atoms. The van der Waals surface area contributed by atoms with Gasteiger partial charge in [0.1, 0.15) is 0 Å². The third-order valence-electron chi connectivity index (χ3n) is 2.10. The number of nitrogens with one attached hydrogen (secondary N) is 1. The second-order valence-corrected chi connectivity index (χ2v) is 5.28. The summed E-state index contributed by atoms with van der Waals surface area (Å²) in [5.41, 5.74) is 0.772. The molecule has 5 nitrogen and oxygen atoms in total. The van der Waals surface area contributed by atoms with Gasteiger partial charge in [0, 0.05) is 18.9 Å². The van der Waals surface area contributed by atoms with Gasteiger partial charge in [-0.25, -0.2) is 4.68 Å². The molecule has 0 saturated heterocycles. The van der Waals surface area contributed by atoms with Gasteiger partial charge in [0.2, 0.25) is 10.6 Å². The molecule has 0 aliphatic rings. The number of para-hydroxylation sites is 1. The largest absolute Gasteiger partial charge is 0.325 e. The van der Waals surface area contributed by atoms with Crippen LogP contribution in [0.5, 0.6) is 0 Å². The van der Waals surface area contributed by atoms with Crippen LogP contribution in [0.2, 0.25) is 0 Å². The number of benzene rings is 1. The van der Waals surface area contributed by atoms with Gasteiger partial charge in [-0.15, -0.1) is 5.10 Å². The van der Waals surface area contributed by atoms with Crippen LogP contribution in [0.4, 0.5) is 5.69 Å². The van der Waals surface area contributed by atoms with Crippen molar-refractivity contribution >= 4 is 39.3 Å². The SMILES string of the molecule is CC(=O)Nc1ccccc1Sc1nc(Br)nn1C. The standard InChI is InChI=1S/C11H11BrN4OS/c1-7(17)13-8-5-3-4-6-9(8)18-11-14-10(12)15-16(11)2/h3-6H,1-2H3,(H,13,17). The van der Waals surface area contributed by atoms with E-state index < -0.39 is 0 Å². The van der Waals surface area contributed by atoms with Crippen LogP contribution in [-0.4, -0.2) is 20.7 Å². The molecule has 94 valence electrons. The molecule has 0 bridgehead atoms. The Morgan fingerprint density at radius 3 is 2.78 bits per heavy atom. The van der Waals surface area contributed by atoms with Crippen LogP contribution in [0.15, 0.2) is 39.1 Å². The molecule has 0 aliphatic carbocycles. The van der Waals surface area contributed by atoms with Gasteiger partial charge in [0.05, 0.1) is 5.69 Å². The fraction of sp³-hybridized carbons (Fsp3) is 0.182. The number of rotatable bonds is 3. The number of anilines is 1. The van der Waals surface area contributed by atoms with E-state index in [2.05, 4.69) is 31.3 Å². The van der Waals surface area contributed by atoms with Crippen molar-refractivity contribution in [2.45, 2.75) is 17.0 Å². The fourth-order valence-corrected chi connectivity index (χ4v) is 2.78. The number of nitrogens with zero attached hydrogens (tertiary/aromatic N) is 3. The normalized spacial score (nSPS) is 10.4. The highest BCUT2D eigenvalue weighted by Gasteiger charge is 2.10. The first kappa shape index (κ1) is 13.1. The number of hydrogen-bond donors (Lipinski definition) is 1. The van der Waals surface area contributed by atoms with Crippen molar-refractivity contribution in [2.75, 3.05) is 5.32 Å². The van der Waals surface area contributed by atoms with Gasteiger partial charge >= 0.3 is 0 Å². The summed E-state index contributed by atoms with van der Waals surface area (Å²) in [5, 5.41) is 7.65. The minimum absolute atomic E-state index is 0.0952. The highest BCUT2D eigenvalue weighted by molar-refractivity contribution is 9.10. The number of carbonyl (C=O) groups is 1. The molecule has 1 heterocycles. The molecule has 0 aliphatic heterocycles. The first-order valence-corrected chi connectivity index (χ1v) is 6.78. The lowest BCUT2D eigenvalue weighted by molar-refractivity contribution is -0.114. The first-order chi connectivity index (χ1) is 8.56. The highest BCUT2D eigenvalue weighted by atomic mass is 79.9. The summed E-state index contributed by atoms with van der Waals surface area (Å²) in [6, 6.07) is 7.58. The average Bonchev–Trinajstić information content (AvgIpc) is 2.59. The molecule has 2 aromatic rings. The van der Waals surface area contributed by atoms with E-state index >= 15 is 0 Å². The van der Waals surface area contributed by atoms with Gasteiger partial charge in [-0.3, -0.25) is 4.79 Å². The zero-order valence-electron chi connectivity index (χ0n) is 9.85. The third kappa shape index (κ3) is 3.11. The Morgan fingerprint density at radius 2 is 2.17 bits per heavy atom. The zero-order chi connectivity index (χ0) is 13.1. The van der Waals surface area contributed by atoms with Crippen LogP contribution in [-0.2, 0) is 11.8 Å². The van der Waals surface area contributed by atoms with E-state index in [0.29, 0.717) is 4.73 Å². The average molecular weight is 327 g/mol. The minimum Gasteiger partial charge on any atom is -0.325 e. The van der Waals surface area contributed by atoms with Crippen molar-refractivity contribution in [2.24, 2.45) is 7.05 Å². The van der Waals surface area contributed by atoms with Crippen LogP contribution >= 0.6 is 27.7 Å². The molecular weight excluding hydrogens is 316 g/mol. The van der Waals surface area contributed by atoms with Gasteiger partial charge in [-0.1, -0.05) is 12.1 Å². The van der Waals surface area contributed by atoms with Crippen LogP contribution in [0.1, 0.15) is 6.92 Å². The Kier molecular flexibility index (Phi) is 4.03. The summed E-state index contributed by atoms with van der Waals surface area (Å²) in [4.78, 5) is 16.3. The van der Waals surface area contributed by atoms with E-state index in [0.717, 1.165) is 15.7 Å². The van der Waals surface area contributed by atoms with Crippen LogP contribution in [0, 0.1) is 0 Å². The summed E-state index contributed by atoms with van der Waals surface area (Å²) < 4.78 is 2.23. The molecule has 7 heteroatoms. The molecule has 1 aromatic carbocycles.